The van der Waals surface area contributed by atoms with Gasteiger partial charge in [0.1, 0.15) is 0 Å². The van der Waals surface area contributed by atoms with Crippen LogP contribution in [0, 0.1) is 0 Å². The molecule has 0 saturated carbocycles. The summed E-state index contributed by atoms with van der Waals surface area (Å²) in [5.74, 6) is 0. The average molecular weight is 264 g/mol. The summed E-state index contributed by atoms with van der Waals surface area (Å²) in [4.78, 5) is 6.60. The van der Waals surface area contributed by atoms with Gasteiger partial charge in [-0.1, -0.05) is 19.8 Å². The van der Waals surface area contributed by atoms with E-state index in [9.17, 15) is 10.2 Å². The lowest BCUT2D eigenvalue weighted by atomic mass is 10.1. The van der Waals surface area contributed by atoms with Crippen molar-refractivity contribution in [3.05, 3.63) is 24.0 Å². The Kier molecular flexibility index (Phi) is 5.16. The van der Waals surface area contributed by atoms with E-state index in [0.717, 1.165) is 30.8 Å². The molecule has 1 saturated heterocycles. The van der Waals surface area contributed by atoms with Crippen LogP contribution >= 0.6 is 0 Å². The third-order valence-electron chi connectivity index (χ3n) is 3.92. The summed E-state index contributed by atoms with van der Waals surface area (Å²) in [6.07, 6.45) is 6.63. The van der Waals surface area contributed by atoms with E-state index in [4.69, 9.17) is 0 Å². The Morgan fingerprint density at radius 2 is 2.21 bits per heavy atom. The van der Waals surface area contributed by atoms with E-state index in [2.05, 4.69) is 9.88 Å². The number of nitrogens with zero attached hydrogens (tertiary/aromatic N) is 2. The molecule has 0 aromatic carbocycles. The van der Waals surface area contributed by atoms with Gasteiger partial charge in [0.05, 0.1) is 36.3 Å². The first kappa shape index (κ1) is 14.3. The fourth-order valence-electron chi connectivity index (χ4n) is 2.68. The highest BCUT2D eigenvalue weighted by atomic mass is 16.3. The lowest BCUT2D eigenvalue weighted by molar-refractivity contribution is 0.169. The standard InChI is InChI=1S/C15H24N2O2/c1-2-15(19)14-8-7-12(10-16-14)17-9-5-3-4-6-13(17)11-18/h7-8,10,13,15,18-19H,2-6,9,11H2,1H3. The van der Waals surface area contributed by atoms with E-state index in [1.54, 1.807) is 0 Å². The Bertz CT molecular complexity index is 380. The van der Waals surface area contributed by atoms with Crippen molar-refractivity contribution in [2.24, 2.45) is 0 Å². The van der Waals surface area contributed by atoms with Crippen LogP contribution in [0.3, 0.4) is 0 Å². The van der Waals surface area contributed by atoms with Gasteiger partial charge in [0.15, 0.2) is 0 Å². The van der Waals surface area contributed by atoms with Crippen LogP contribution in [0.25, 0.3) is 0 Å². The average Bonchev–Trinajstić information content (AvgIpc) is 2.71. The molecular weight excluding hydrogens is 240 g/mol. The number of pyridine rings is 1. The number of aliphatic hydroxyl groups excluding tert-OH is 2. The summed E-state index contributed by atoms with van der Waals surface area (Å²) in [5, 5.41) is 19.3. The van der Waals surface area contributed by atoms with Gasteiger partial charge in [-0.25, -0.2) is 0 Å². The molecule has 2 N–H and O–H groups in total. The molecule has 4 heteroatoms. The van der Waals surface area contributed by atoms with E-state index >= 15 is 0 Å². The zero-order valence-corrected chi connectivity index (χ0v) is 11.6. The zero-order chi connectivity index (χ0) is 13.7. The largest absolute Gasteiger partial charge is 0.394 e. The Balaban J connectivity index is 2.14. The van der Waals surface area contributed by atoms with Gasteiger partial charge in [-0.2, -0.15) is 0 Å². The van der Waals surface area contributed by atoms with Crippen molar-refractivity contribution in [1.82, 2.24) is 4.98 Å². The van der Waals surface area contributed by atoms with Crippen molar-refractivity contribution in [2.45, 2.75) is 51.2 Å². The fraction of sp³-hybridized carbons (Fsp3) is 0.667. The molecule has 0 bridgehead atoms. The van der Waals surface area contributed by atoms with Crippen LogP contribution in [0.1, 0.15) is 50.8 Å². The highest BCUT2D eigenvalue weighted by Gasteiger charge is 2.21. The van der Waals surface area contributed by atoms with Gasteiger partial charge in [0.2, 0.25) is 0 Å². The zero-order valence-electron chi connectivity index (χ0n) is 11.6. The highest BCUT2D eigenvalue weighted by molar-refractivity contribution is 5.46. The third-order valence-corrected chi connectivity index (χ3v) is 3.92. The Morgan fingerprint density at radius 3 is 2.84 bits per heavy atom. The van der Waals surface area contributed by atoms with Gasteiger partial charge in [-0.15, -0.1) is 0 Å². The van der Waals surface area contributed by atoms with Gasteiger partial charge in [0, 0.05) is 6.54 Å². The summed E-state index contributed by atoms with van der Waals surface area (Å²) < 4.78 is 0. The molecule has 2 atom stereocenters. The third kappa shape index (κ3) is 3.45. The maximum Gasteiger partial charge on any atom is 0.0957 e. The first-order valence-corrected chi connectivity index (χ1v) is 7.27. The van der Waals surface area contributed by atoms with Crippen LogP contribution in [0.2, 0.25) is 0 Å². The van der Waals surface area contributed by atoms with Crippen LogP contribution in [-0.2, 0) is 0 Å². The molecule has 2 unspecified atom stereocenters. The number of aliphatic hydroxyl groups is 2. The fourth-order valence-corrected chi connectivity index (χ4v) is 2.68. The number of rotatable bonds is 4. The van der Waals surface area contributed by atoms with Gasteiger partial charge in [-0.05, 0) is 31.4 Å². The first-order chi connectivity index (χ1) is 9.26. The molecule has 0 spiro atoms. The minimum atomic E-state index is -0.480. The summed E-state index contributed by atoms with van der Waals surface area (Å²) >= 11 is 0. The van der Waals surface area contributed by atoms with Crippen LogP contribution in [0.4, 0.5) is 5.69 Å². The van der Waals surface area contributed by atoms with Crippen molar-refractivity contribution in [3.8, 4) is 0 Å². The molecule has 2 heterocycles. The minimum absolute atomic E-state index is 0.194. The minimum Gasteiger partial charge on any atom is -0.394 e. The van der Waals surface area contributed by atoms with E-state index in [1.165, 1.54) is 12.8 Å². The molecule has 1 aliphatic rings. The van der Waals surface area contributed by atoms with Crippen molar-refractivity contribution in [3.63, 3.8) is 0 Å². The van der Waals surface area contributed by atoms with E-state index in [0.29, 0.717) is 6.42 Å². The molecular formula is C15H24N2O2. The van der Waals surface area contributed by atoms with Crippen LogP contribution < -0.4 is 4.90 Å². The Morgan fingerprint density at radius 1 is 1.37 bits per heavy atom. The van der Waals surface area contributed by atoms with Gasteiger partial charge in [-0.3, -0.25) is 4.98 Å². The molecule has 19 heavy (non-hydrogen) atoms. The van der Waals surface area contributed by atoms with Crippen molar-refractivity contribution in [1.29, 1.82) is 0 Å². The number of hydrogen-bond donors (Lipinski definition) is 2. The summed E-state index contributed by atoms with van der Waals surface area (Å²) in [6, 6.07) is 4.10. The number of hydrogen-bond acceptors (Lipinski definition) is 4. The van der Waals surface area contributed by atoms with E-state index in [1.807, 2.05) is 25.3 Å². The maximum atomic E-state index is 9.76. The SMILES string of the molecule is CCC(O)c1ccc(N2CCCCCC2CO)cn1. The van der Waals surface area contributed by atoms with Gasteiger partial charge in [0.25, 0.3) is 0 Å². The Labute approximate surface area is 115 Å². The second kappa shape index (κ2) is 6.87. The van der Waals surface area contributed by atoms with E-state index < -0.39 is 6.10 Å². The molecule has 0 radical (unpaired) electrons. The lowest BCUT2D eigenvalue weighted by Crippen LogP contribution is -2.37. The molecule has 1 aromatic heterocycles. The topological polar surface area (TPSA) is 56.6 Å². The number of aromatic nitrogens is 1. The van der Waals surface area contributed by atoms with Crippen LogP contribution in [0.5, 0.6) is 0 Å². The van der Waals surface area contributed by atoms with Crippen LogP contribution in [0.15, 0.2) is 18.3 Å². The normalized spacial score (nSPS) is 22.1. The molecule has 0 amide bonds. The lowest BCUT2D eigenvalue weighted by Gasteiger charge is -2.30. The van der Waals surface area contributed by atoms with Crippen molar-refractivity contribution < 1.29 is 10.2 Å². The molecule has 0 aliphatic carbocycles. The molecule has 106 valence electrons. The highest BCUT2D eigenvalue weighted by Crippen LogP contribution is 2.24. The first-order valence-electron chi connectivity index (χ1n) is 7.27. The smallest absolute Gasteiger partial charge is 0.0957 e. The van der Waals surface area contributed by atoms with Crippen molar-refractivity contribution in [2.75, 3.05) is 18.1 Å². The molecule has 2 rings (SSSR count). The maximum absolute atomic E-state index is 9.76. The monoisotopic (exact) mass is 264 g/mol. The predicted octanol–water partition coefficient (Wildman–Crippen LogP) is 2.27. The predicted molar refractivity (Wildman–Crippen MR) is 76.2 cm³/mol. The quantitative estimate of drug-likeness (QED) is 0.876. The summed E-state index contributed by atoms with van der Waals surface area (Å²) in [7, 11) is 0. The van der Waals surface area contributed by atoms with E-state index in [-0.39, 0.29) is 12.6 Å². The molecule has 1 aromatic rings. The van der Waals surface area contributed by atoms with Gasteiger partial charge >= 0.3 is 0 Å². The second-order valence-corrected chi connectivity index (χ2v) is 5.24. The second-order valence-electron chi connectivity index (χ2n) is 5.24. The summed E-state index contributed by atoms with van der Waals surface area (Å²) in [6.45, 7) is 3.11. The molecule has 1 aliphatic heterocycles. The number of anilines is 1. The molecule has 4 nitrogen and oxygen atoms in total. The van der Waals surface area contributed by atoms with Gasteiger partial charge < -0.3 is 15.1 Å². The Hall–Kier alpha value is -1.13. The van der Waals surface area contributed by atoms with Crippen LogP contribution in [-0.4, -0.2) is 34.4 Å². The van der Waals surface area contributed by atoms with Crippen molar-refractivity contribution >= 4 is 5.69 Å². The summed E-state index contributed by atoms with van der Waals surface area (Å²) in [5.41, 5.74) is 1.77. The molecule has 1 fully saturated rings.